The summed E-state index contributed by atoms with van der Waals surface area (Å²) in [6.45, 7) is 5.79. The fraction of sp³-hybridized carbons (Fsp3) is 0.522. The molecule has 8 heteroatoms. The summed E-state index contributed by atoms with van der Waals surface area (Å²) in [5, 5.41) is 0. The highest BCUT2D eigenvalue weighted by Gasteiger charge is 2.13. The molecule has 0 atom stereocenters. The van der Waals surface area contributed by atoms with Gasteiger partial charge in [0.2, 0.25) is 0 Å². The molecule has 0 fully saturated rings. The molecule has 1 aromatic carbocycles. The number of rotatable bonds is 30. The van der Waals surface area contributed by atoms with Crippen LogP contribution in [0.25, 0.3) is 35.3 Å². The van der Waals surface area contributed by atoms with Gasteiger partial charge in [0.25, 0.3) is 0 Å². The summed E-state index contributed by atoms with van der Waals surface area (Å²) in [7, 11) is 0. The third-order valence-corrected chi connectivity index (χ3v) is 9.85. The fourth-order valence-corrected chi connectivity index (χ4v) is 6.63. The Hall–Kier alpha value is -4.46. The number of hydrogen-bond donors (Lipinski definition) is 2. The molecule has 0 aliphatic heterocycles. The number of carbonyl (C=O) groups is 2. The van der Waals surface area contributed by atoms with E-state index >= 15 is 0 Å². The van der Waals surface area contributed by atoms with Crippen molar-refractivity contribution < 1.29 is 19.1 Å². The van der Waals surface area contributed by atoms with Crippen molar-refractivity contribution in [1.29, 1.82) is 0 Å². The van der Waals surface area contributed by atoms with Crippen LogP contribution in [0.2, 0.25) is 0 Å². The van der Waals surface area contributed by atoms with Gasteiger partial charge in [0.1, 0.15) is 0 Å². The van der Waals surface area contributed by atoms with Gasteiger partial charge < -0.3 is 19.4 Å². The Morgan fingerprint density at radius 2 is 0.796 bits per heavy atom. The van der Waals surface area contributed by atoms with Crippen LogP contribution >= 0.6 is 0 Å². The molecule has 54 heavy (non-hydrogen) atoms. The summed E-state index contributed by atoms with van der Waals surface area (Å²) in [5.41, 5.74) is 5.30. The standard InChI is InChI=1S/C46H64N4O4/c1-3-5-7-9-11-13-15-17-19-21-31-53-45-33-43-44(34-46(45)54-32-22-20-18-16-14-12-10-8-6-4-2)50-42(30-28-38-24-26-40(36-52)48-38)41(49-43)29-27-37-23-25-39(35-51)47-37/h23-30,33-36,47-48H,3-22,31-32H2,1-2H3/b29-27+,30-28+. The van der Waals surface area contributed by atoms with Crippen molar-refractivity contribution in [1.82, 2.24) is 19.9 Å². The predicted molar refractivity (Wildman–Crippen MR) is 224 cm³/mol. The number of H-pyrrole nitrogens is 2. The quantitative estimate of drug-likeness (QED) is 0.0407. The van der Waals surface area contributed by atoms with Gasteiger partial charge in [0, 0.05) is 23.5 Å². The molecule has 4 aromatic rings. The number of nitrogens with one attached hydrogen (secondary N) is 2. The number of fused-ring (bicyclic) bond motifs is 1. The van der Waals surface area contributed by atoms with Crippen LogP contribution < -0.4 is 9.47 Å². The second-order valence-electron chi connectivity index (χ2n) is 14.5. The van der Waals surface area contributed by atoms with E-state index in [4.69, 9.17) is 19.4 Å². The van der Waals surface area contributed by atoms with E-state index in [0.717, 1.165) is 49.6 Å². The maximum atomic E-state index is 11.2. The first-order chi connectivity index (χ1) is 26.6. The van der Waals surface area contributed by atoms with Crippen LogP contribution in [-0.2, 0) is 0 Å². The van der Waals surface area contributed by atoms with Gasteiger partial charge in [-0.05, 0) is 61.4 Å². The molecule has 2 N–H and O–H groups in total. The van der Waals surface area contributed by atoms with Gasteiger partial charge in [0.05, 0.1) is 47.0 Å². The number of benzene rings is 1. The third-order valence-electron chi connectivity index (χ3n) is 9.85. The Bertz CT molecular complexity index is 1590. The molecule has 0 bridgehead atoms. The molecule has 8 nitrogen and oxygen atoms in total. The van der Waals surface area contributed by atoms with Crippen molar-refractivity contribution in [2.45, 2.75) is 142 Å². The highest BCUT2D eigenvalue weighted by atomic mass is 16.5. The minimum atomic E-state index is 0.506. The van der Waals surface area contributed by atoms with Crippen LogP contribution in [0.1, 0.15) is 186 Å². The zero-order valence-electron chi connectivity index (χ0n) is 33.0. The van der Waals surface area contributed by atoms with E-state index in [0.29, 0.717) is 58.5 Å². The maximum absolute atomic E-state index is 11.2. The van der Waals surface area contributed by atoms with Gasteiger partial charge in [-0.3, -0.25) is 9.59 Å². The minimum absolute atomic E-state index is 0.506. The summed E-state index contributed by atoms with van der Waals surface area (Å²) in [6.07, 6.45) is 34.6. The maximum Gasteiger partial charge on any atom is 0.166 e. The van der Waals surface area contributed by atoms with Crippen LogP contribution in [-0.4, -0.2) is 45.7 Å². The van der Waals surface area contributed by atoms with Crippen molar-refractivity contribution >= 4 is 47.9 Å². The number of aromatic amines is 2. The number of unbranched alkanes of at least 4 members (excludes halogenated alkanes) is 18. The summed E-state index contributed by atoms with van der Waals surface area (Å²) in [5.74, 6) is 1.40. The third kappa shape index (κ3) is 15.5. The van der Waals surface area contributed by atoms with E-state index in [1.807, 2.05) is 48.6 Å². The van der Waals surface area contributed by atoms with Gasteiger partial charge in [-0.15, -0.1) is 0 Å². The van der Waals surface area contributed by atoms with Crippen LogP contribution in [0.15, 0.2) is 36.4 Å². The lowest BCUT2D eigenvalue weighted by Gasteiger charge is -2.15. The SMILES string of the molecule is CCCCCCCCCCCCOc1cc2nc(/C=C/c3ccc(C=O)[nH]3)c(/C=C/c3ccc(C=O)[nH]3)nc2cc1OCCCCCCCCCCCC. The van der Waals surface area contributed by atoms with Gasteiger partial charge in [-0.1, -0.05) is 129 Å². The lowest BCUT2D eigenvalue weighted by Crippen LogP contribution is -2.04. The van der Waals surface area contributed by atoms with Crippen molar-refractivity contribution in [3.63, 3.8) is 0 Å². The average Bonchev–Trinajstić information content (AvgIpc) is 3.87. The van der Waals surface area contributed by atoms with E-state index in [2.05, 4.69) is 23.8 Å². The Kier molecular flexibility index (Phi) is 20.0. The molecule has 0 spiro atoms. The lowest BCUT2D eigenvalue weighted by atomic mass is 10.1. The number of ether oxygens (including phenoxy) is 2. The molecule has 0 saturated carbocycles. The van der Waals surface area contributed by atoms with E-state index in [1.165, 1.54) is 103 Å². The van der Waals surface area contributed by atoms with Crippen LogP contribution in [0, 0.1) is 0 Å². The predicted octanol–water partition coefficient (Wildman–Crippen LogP) is 12.9. The fourth-order valence-electron chi connectivity index (χ4n) is 6.63. The first-order valence-corrected chi connectivity index (χ1v) is 20.9. The number of carbonyl (C=O) groups excluding carboxylic acids is 2. The van der Waals surface area contributed by atoms with Crippen LogP contribution in [0.3, 0.4) is 0 Å². The van der Waals surface area contributed by atoms with Crippen molar-refractivity contribution in [3.05, 3.63) is 70.6 Å². The molecular weight excluding hydrogens is 673 g/mol. The normalized spacial score (nSPS) is 11.7. The Morgan fingerprint density at radius 1 is 0.463 bits per heavy atom. The molecule has 4 rings (SSSR count). The molecule has 3 aromatic heterocycles. The molecule has 0 saturated heterocycles. The number of hydrogen-bond acceptors (Lipinski definition) is 6. The van der Waals surface area contributed by atoms with Gasteiger partial charge in [0.15, 0.2) is 24.1 Å². The van der Waals surface area contributed by atoms with Crippen molar-refractivity contribution in [2.75, 3.05) is 13.2 Å². The van der Waals surface area contributed by atoms with E-state index in [-0.39, 0.29) is 0 Å². The Labute approximate surface area is 323 Å². The smallest absolute Gasteiger partial charge is 0.166 e. The Morgan fingerprint density at radius 3 is 1.13 bits per heavy atom. The monoisotopic (exact) mass is 736 g/mol. The van der Waals surface area contributed by atoms with Crippen molar-refractivity contribution in [3.8, 4) is 11.5 Å². The number of nitrogens with zero attached hydrogens (tertiary/aromatic N) is 2. The number of aromatic nitrogens is 4. The zero-order valence-corrected chi connectivity index (χ0v) is 33.0. The summed E-state index contributed by atoms with van der Waals surface area (Å²) < 4.78 is 12.8. The largest absolute Gasteiger partial charge is 0.490 e. The van der Waals surface area contributed by atoms with E-state index in [1.54, 1.807) is 12.1 Å². The molecule has 0 radical (unpaired) electrons. The highest BCUT2D eigenvalue weighted by Crippen LogP contribution is 2.33. The zero-order chi connectivity index (χ0) is 38.1. The second-order valence-corrected chi connectivity index (χ2v) is 14.5. The first-order valence-electron chi connectivity index (χ1n) is 20.9. The summed E-state index contributed by atoms with van der Waals surface area (Å²) in [4.78, 5) is 38.7. The Balaban J connectivity index is 1.47. The molecule has 0 amide bonds. The molecule has 0 unspecified atom stereocenters. The van der Waals surface area contributed by atoms with Crippen LogP contribution in [0.4, 0.5) is 0 Å². The molecular formula is C46H64N4O4. The highest BCUT2D eigenvalue weighted by molar-refractivity contribution is 5.85. The molecule has 0 aliphatic carbocycles. The van der Waals surface area contributed by atoms with Crippen molar-refractivity contribution in [2.24, 2.45) is 0 Å². The van der Waals surface area contributed by atoms with E-state index in [9.17, 15) is 9.59 Å². The minimum Gasteiger partial charge on any atom is -0.490 e. The summed E-state index contributed by atoms with van der Waals surface area (Å²) >= 11 is 0. The molecule has 292 valence electrons. The van der Waals surface area contributed by atoms with E-state index < -0.39 is 0 Å². The summed E-state index contributed by atoms with van der Waals surface area (Å²) in [6, 6.07) is 11.1. The van der Waals surface area contributed by atoms with Gasteiger partial charge in [-0.2, -0.15) is 0 Å². The first kappa shape index (κ1) is 42.3. The molecule has 3 heterocycles. The topological polar surface area (TPSA) is 110 Å². The second kappa shape index (κ2) is 25.5. The lowest BCUT2D eigenvalue weighted by molar-refractivity contribution is 0.111. The average molecular weight is 737 g/mol. The van der Waals surface area contributed by atoms with Crippen LogP contribution in [0.5, 0.6) is 11.5 Å². The van der Waals surface area contributed by atoms with Gasteiger partial charge >= 0.3 is 0 Å². The molecule has 0 aliphatic rings. The number of aldehydes is 2. The van der Waals surface area contributed by atoms with Gasteiger partial charge in [-0.25, -0.2) is 9.97 Å².